The molecule has 35 heavy (non-hydrogen) atoms. The predicted octanol–water partition coefficient (Wildman–Crippen LogP) is 3.85. The van der Waals surface area contributed by atoms with Crippen LogP contribution >= 0.6 is 0 Å². The summed E-state index contributed by atoms with van der Waals surface area (Å²) in [6, 6.07) is 10.9. The normalized spacial score (nSPS) is 16.3. The molecule has 1 aliphatic rings. The Morgan fingerprint density at radius 3 is 2.51 bits per heavy atom. The molecular formula is C26H25F2N5OS. The van der Waals surface area contributed by atoms with Crippen LogP contribution < -0.4 is 4.90 Å². The Bertz CT molecular complexity index is 1530. The third kappa shape index (κ3) is 4.87. The van der Waals surface area contributed by atoms with E-state index >= 15 is 0 Å². The van der Waals surface area contributed by atoms with Crippen LogP contribution in [0.5, 0.6) is 0 Å². The molecular weight excluding hydrogens is 468 g/mol. The fraction of sp³-hybridized carbons (Fsp3) is 0.231. The Morgan fingerprint density at radius 2 is 1.74 bits per heavy atom. The summed E-state index contributed by atoms with van der Waals surface area (Å²) >= 11 is 0. The van der Waals surface area contributed by atoms with Crippen molar-refractivity contribution in [3.63, 3.8) is 0 Å². The first-order valence-electron chi connectivity index (χ1n) is 11.2. The van der Waals surface area contributed by atoms with Crippen LogP contribution in [0.2, 0.25) is 0 Å². The minimum absolute atomic E-state index is 0.0380. The molecule has 6 nitrogen and oxygen atoms in total. The van der Waals surface area contributed by atoms with Gasteiger partial charge in [0.2, 0.25) is 0 Å². The second kappa shape index (κ2) is 9.31. The molecule has 3 heterocycles. The molecule has 0 saturated carbocycles. The lowest BCUT2D eigenvalue weighted by molar-refractivity contribution is 0.312. The Kier molecular flexibility index (Phi) is 6.21. The second-order valence-corrected chi connectivity index (χ2v) is 11.3. The maximum absolute atomic E-state index is 14.3. The number of hydrogen-bond acceptors (Lipinski definition) is 6. The molecule has 5 rings (SSSR count). The van der Waals surface area contributed by atoms with Crippen molar-refractivity contribution in [1.82, 2.24) is 19.9 Å². The van der Waals surface area contributed by atoms with Gasteiger partial charge in [0, 0.05) is 82.3 Å². The Hall–Kier alpha value is -3.43. The minimum atomic E-state index is -2.91. The van der Waals surface area contributed by atoms with E-state index in [2.05, 4.69) is 31.8 Å². The van der Waals surface area contributed by atoms with E-state index in [1.807, 2.05) is 24.3 Å². The fourth-order valence-corrected chi connectivity index (χ4v) is 5.86. The Morgan fingerprint density at radius 1 is 0.943 bits per heavy atom. The number of rotatable bonds is 4. The van der Waals surface area contributed by atoms with Crippen molar-refractivity contribution >= 4 is 31.6 Å². The van der Waals surface area contributed by atoms with Gasteiger partial charge < -0.3 is 9.80 Å². The lowest BCUT2D eigenvalue weighted by atomic mass is 10.0. The first-order chi connectivity index (χ1) is 16.8. The van der Waals surface area contributed by atoms with Gasteiger partial charge in [-0.25, -0.2) is 18.7 Å². The average molecular weight is 494 g/mol. The van der Waals surface area contributed by atoms with Gasteiger partial charge in [-0.3, -0.25) is 9.19 Å². The molecule has 2 aromatic carbocycles. The van der Waals surface area contributed by atoms with Gasteiger partial charge in [-0.15, -0.1) is 0 Å². The van der Waals surface area contributed by atoms with E-state index in [0.717, 1.165) is 66.2 Å². The molecule has 1 unspecified atom stereocenters. The van der Waals surface area contributed by atoms with Gasteiger partial charge in [-0.1, -0.05) is 6.07 Å². The Labute approximate surface area is 203 Å². The van der Waals surface area contributed by atoms with E-state index in [0.29, 0.717) is 5.56 Å². The number of fused-ring (bicyclic) bond motifs is 1. The number of halogens is 2. The molecule has 180 valence electrons. The lowest BCUT2D eigenvalue weighted by Gasteiger charge is -2.33. The van der Waals surface area contributed by atoms with E-state index in [9.17, 15) is 13.0 Å². The third-order valence-corrected chi connectivity index (χ3v) is 8.13. The van der Waals surface area contributed by atoms with Gasteiger partial charge >= 0.3 is 0 Å². The Balaban J connectivity index is 1.53. The highest BCUT2D eigenvalue weighted by Gasteiger charge is 2.18. The highest BCUT2D eigenvalue weighted by atomic mass is 32.2. The summed E-state index contributed by atoms with van der Waals surface area (Å²) in [5, 5.41) is 2.44. The van der Waals surface area contributed by atoms with Gasteiger partial charge in [0.1, 0.15) is 23.8 Å². The minimum Gasteiger partial charge on any atom is -0.353 e. The molecule has 2 aromatic heterocycles. The molecule has 0 radical (unpaired) electrons. The highest BCUT2D eigenvalue weighted by Crippen LogP contribution is 2.29. The van der Waals surface area contributed by atoms with E-state index in [1.165, 1.54) is 17.7 Å². The predicted molar refractivity (Wildman–Crippen MR) is 136 cm³/mol. The zero-order chi connectivity index (χ0) is 24.6. The van der Waals surface area contributed by atoms with Crippen LogP contribution in [0.4, 0.5) is 14.6 Å². The summed E-state index contributed by atoms with van der Waals surface area (Å²) in [5.74, 6) is -0.630. The zero-order valence-corrected chi connectivity index (χ0v) is 20.3. The molecule has 0 aliphatic carbocycles. The summed E-state index contributed by atoms with van der Waals surface area (Å²) in [4.78, 5) is 17.9. The number of hydrogen-bond donors (Lipinski definition) is 0. The number of pyridine rings is 1. The van der Waals surface area contributed by atoms with Crippen LogP contribution in [0, 0.1) is 11.6 Å². The first kappa shape index (κ1) is 23.3. The summed E-state index contributed by atoms with van der Waals surface area (Å²) in [6.45, 7) is 3.73. The molecule has 4 aromatic rings. The molecule has 1 aliphatic heterocycles. The van der Waals surface area contributed by atoms with E-state index in [-0.39, 0.29) is 4.90 Å². The molecule has 1 saturated heterocycles. The van der Waals surface area contributed by atoms with Crippen molar-refractivity contribution in [2.24, 2.45) is 0 Å². The molecule has 9 heteroatoms. The molecule has 0 spiro atoms. The monoisotopic (exact) mass is 493 g/mol. The van der Waals surface area contributed by atoms with Crippen LogP contribution in [0.1, 0.15) is 5.56 Å². The number of benzene rings is 2. The molecule has 0 amide bonds. The standard InChI is InChI=1S/C26H25F2N5OS/c1-32-7-9-33(10-8-32)26-22-12-19(3-5-24(22)30-17-31-26)20-11-18(14-29-15-20)16-35(2,34)25-6-4-21(27)13-23(25)28/h3-6,11-17H,7-10H2,1-2H3. The average Bonchev–Trinajstić information content (AvgIpc) is 2.83. The maximum Gasteiger partial charge on any atom is 0.141 e. The van der Waals surface area contributed by atoms with Crippen LogP contribution in [-0.2, 0) is 9.52 Å². The van der Waals surface area contributed by atoms with Gasteiger partial charge in [-0.2, -0.15) is 0 Å². The van der Waals surface area contributed by atoms with Crippen LogP contribution in [-0.4, -0.2) is 68.9 Å². The smallest absolute Gasteiger partial charge is 0.141 e. The number of piperazine rings is 1. The van der Waals surface area contributed by atoms with E-state index in [4.69, 9.17) is 0 Å². The summed E-state index contributed by atoms with van der Waals surface area (Å²) in [5.41, 5.74) is 3.18. The van der Waals surface area contributed by atoms with Crippen molar-refractivity contribution in [2.75, 3.05) is 44.4 Å². The van der Waals surface area contributed by atoms with E-state index in [1.54, 1.807) is 18.7 Å². The number of aromatic nitrogens is 3. The van der Waals surface area contributed by atoms with Gasteiger partial charge in [0.15, 0.2) is 0 Å². The molecule has 1 atom stereocenters. The second-order valence-electron chi connectivity index (χ2n) is 8.82. The highest BCUT2D eigenvalue weighted by molar-refractivity contribution is 8.01. The molecule has 0 bridgehead atoms. The first-order valence-corrected chi connectivity index (χ1v) is 13.3. The molecule has 1 fully saturated rings. The van der Waals surface area contributed by atoms with Crippen molar-refractivity contribution in [2.45, 2.75) is 4.90 Å². The van der Waals surface area contributed by atoms with Crippen molar-refractivity contribution in [3.05, 3.63) is 78.4 Å². The van der Waals surface area contributed by atoms with Crippen LogP contribution in [0.3, 0.4) is 0 Å². The fourth-order valence-electron chi connectivity index (χ4n) is 4.30. The lowest BCUT2D eigenvalue weighted by Crippen LogP contribution is -2.44. The van der Waals surface area contributed by atoms with Crippen molar-refractivity contribution in [3.8, 4) is 11.1 Å². The molecule has 0 N–H and O–H groups in total. The van der Waals surface area contributed by atoms with Crippen LogP contribution in [0.15, 0.2) is 66.1 Å². The van der Waals surface area contributed by atoms with E-state index < -0.39 is 21.2 Å². The van der Waals surface area contributed by atoms with Gasteiger partial charge in [-0.05, 0) is 42.9 Å². The quantitative estimate of drug-likeness (QED) is 0.403. The summed E-state index contributed by atoms with van der Waals surface area (Å²) < 4.78 is 40.9. The topological polar surface area (TPSA) is 62.2 Å². The third-order valence-electron chi connectivity index (χ3n) is 6.20. The summed E-state index contributed by atoms with van der Waals surface area (Å²) in [7, 11) is -0.793. The van der Waals surface area contributed by atoms with Gasteiger partial charge in [0.25, 0.3) is 0 Å². The number of likely N-dealkylation sites (N-methyl/N-ethyl adjacent to an activating group) is 1. The zero-order valence-electron chi connectivity index (χ0n) is 19.5. The largest absolute Gasteiger partial charge is 0.353 e. The number of anilines is 1. The maximum atomic E-state index is 14.3. The van der Waals surface area contributed by atoms with Crippen molar-refractivity contribution < 1.29 is 13.0 Å². The van der Waals surface area contributed by atoms with Gasteiger partial charge in [0.05, 0.1) is 10.4 Å². The van der Waals surface area contributed by atoms with Crippen LogP contribution in [0.25, 0.3) is 22.0 Å². The van der Waals surface area contributed by atoms with Crippen molar-refractivity contribution in [1.29, 1.82) is 0 Å². The SMILES string of the molecule is CN1CCN(c2ncnc3ccc(-c4cncc(C=S(C)(=O)c5ccc(F)cc5F)c4)cc23)CC1. The number of nitrogens with zero attached hydrogens (tertiary/aromatic N) is 5. The summed E-state index contributed by atoms with van der Waals surface area (Å²) in [6.07, 6.45) is 6.34.